The average Bonchev–Trinajstić information content (AvgIpc) is 3.00. The molecule has 0 aromatic heterocycles. The number of amides is 1. The number of ether oxygens (including phenoxy) is 1. The van der Waals surface area contributed by atoms with Crippen molar-refractivity contribution in [3.8, 4) is 0 Å². The number of hydrogen-bond donors (Lipinski definition) is 0. The number of nitrogens with zero attached hydrogens (tertiary/aromatic N) is 1. The third-order valence-electron chi connectivity index (χ3n) is 3.19. The normalized spacial score (nSPS) is 11.8. The van der Waals surface area contributed by atoms with E-state index in [-0.39, 0.29) is 5.60 Å². The summed E-state index contributed by atoms with van der Waals surface area (Å²) >= 11 is 0. The molecule has 3 nitrogen and oxygen atoms in total. The van der Waals surface area contributed by atoms with Crippen molar-refractivity contribution in [3.63, 3.8) is 0 Å². The van der Waals surface area contributed by atoms with Gasteiger partial charge in [0.15, 0.2) is 0 Å². The van der Waals surface area contributed by atoms with E-state index in [1.807, 2.05) is 48.5 Å². The molecule has 0 aliphatic carbocycles. The third-order valence-corrected chi connectivity index (χ3v) is 3.19. The van der Waals surface area contributed by atoms with Gasteiger partial charge in [0.05, 0.1) is 5.60 Å². The van der Waals surface area contributed by atoms with Crippen molar-refractivity contribution >= 4 is 6.41 Å². The number of hydrogen-bond acceptors (Lipinski definition) is 2. The van der Waals surface area contributed by atoms with Crippen LogP contribution in [0.15, 0.2) is 18.2 Å². The molecule has 0 radical (unpaired) electrons. The number of fused-ring (bicyclic) bond motifs is 1. The molecule has 1 aliphatic heterocycles. The summed E-state index contributed by atoms with van der Waals surface area (Å²) in [5, 5.41) is 0. The summed E-state index contributed by atoms with van der Waals surface area (Å²) in [6, 6.07) is 6.49. The average molecular weight is 324 g/mol. The van der Waals surface area contributed by atoms with Gasteiger partial charge in [-0.3, -0.25) is 4.79 Å². The third kappa shape index (κ3) is 10.1. The minimum Gasteiger partial charge on any atom is -0.379 e. The molecule has 0 bridgehead atoms. The molecule has 1 aromatic carbocycles. The summed E-state index contributed by atoms with van der Waals surface area (Å²) in [7, 11) is 1.71. The second-order valence-electron chi connectivity index (χ2n) is 5.78. The van der Waals surface area contributed by atoms with Crippen LogP contribution in [-0.4, -0.2) is 24.0 Å². The predicted molar refractivity (Wildman–Crippen MR) is 101 cm³/mol. The molecule has 1 heterocycles. The second-order valence-corrected chi connectivity index (χ2v) is 5.78. The molecule has 23 heavy (non-hydrogen) atoms. The highest BCUT2D eigenvalue weighted by Gasteiger charge is 2.16. The Morgan fingerprint density at radius 2 is 1.57 bits per heavy atom. The van der Waals surface area contributed by atoms with Gasteiger partial charge in [0.1, 0.15) is 0 Å². The molecule has 134 valence electrons. The van der Waals surface area contributed by atoms with Crippen molar-refractivity contribution in [1.82, 2.24) is 4.90 Å². The number of aryl methyl sites for hydroxylation is 1. The zero-order valence-electron chi connectivity index (χ0n) is 16.7. The Morgan fingerprint density at radius 3 is 1.96 bits per heavy atom. The first-order valence-electron chi connectivity index (χ1n) is 8.74. The summed E-state index contributed by atoms with van der Waals surface area (Å²) < 4.78 is 4.94. The molecule has 0 fully saturated rings. The van der Waals surface area contributed by atoms with E-state index in [0.717, 1.165) is 25.9 Å². The lowest BCUT2D eigenvalue weighted by Gasteiger charge is -2.14. The largest absolute Gasteiger partial charge is 0.379 e. The van der Waals surface area contributed by atoms with Gasteiger partial charge in [-0.15, -0.1) is 0 Å². The Morgan fingerprint density at radius 1 is 1.09 bits per heavy atom. The van der Waals surface area contributed by atoms with Gasteiger partial charge in [0.2, 0.25) is 6.41 Å². The van der Waals surface area contributed by atoms with Gasteiger partial charge in [-0.1, -0.05) is 52.8 Å². The Kier molecular flexibility index (Phi) is 13.6. The van der Waals surface area contributed by atoms with Gasteiger partial charge in [-0.2, -0.15) is 0 Å². The van der Waals surface area contributed by atoms with Crippen LogP contribution in [0.2, 0.25) is 0 Å². The van der Waals surface area contributed by atoms with Gasteiger partial charge >= 0.3 is 0 Å². The highest BCUT2D eigenvalue weighted by atomic mass is 16.5. The second kappa shape index (κ2) is 13.1. The molecular weight excluding hydrogens is 286 g/mol. The van der Waals surface area contributed by atoms with Crippen LogP contribution < -0.4 is 0 Å². The minimum absolute atomic E-state index is 0.0417. The zero-order valence-corrected chi connectivity index (χ0v) is 16.7. The Balaban J connectivity index is 0. The van der Waals surface area contributed by atoms with Crippen molar-refractivity contribution < 1.29 is 9.53 Å². The lowest BCUT2D eigenvalue weighted by atomic mass is 10.1. The van der Waals surface area contributed by atoms with Crippen LogP contribution in [0.5, 0.6) is 0 Å². The molecule has 0 unspecified atom stereocenters. The smallest absolute Gasteiger partial charge is 0.210 e. The quantitative estimate of drug-likeness (QED) is 0.700. The Labute approximate surface area is 144 Å². The number of rotatable bonds is 2. The van der Waals surface area contributed by atoms with E-state index >= 15 is 0 Å². The lowest BCUT2D eigenvalue weighted by Crippen LogP contribution is -2.15. The first-order valence-corrected chi connectivity index (χ1v) is 8.74. The molecule has 1 aromatic rings. The molecule has 0 saturated heterocycles. The standard InChI is InChI=1S/C11H13NO.C5H12O.2C2H6/c1-2-9-3-4-10-6-12(8-13)7-11(10)5-9;1-5(2,3)6-4;2*1-2/h3-5,8H,2,6-7H2,1H3;1-4H3;2*1-2H3. The molecule has 0 spiro atoms. The van der Waals surface area contributed by atoms with Gasteiger partial charge in [0.25, 0.3) is 0 Å². The lowest BCUT2D eigenvalue weighted by molar-refractivity contribution is -0.118. The molecule has 0 saturated carbocycles. The monoisotopic (exact) mass is 323 g/mol. The van der Waals surface area contributed by atoms with E-state index in [4.69, 9.17) is 4.74 Å². The van der Waals surface area contributed by atoms with Crippen LogP contribution in [-0.2, 0) is 29.0 Å². The molecule has 3 heteroatoms. The fourth-order valence-electron chi connectivity index (χ4n) is 1.77. The molecule has 1 aliphatic rings. The molecule has 1 amide bonds. The number of methoxy groups -OCH3 is 1. The van der Waals surface area contributed by atoms with E-state index in [1.165, 1.54) is 16.7 Å². The first kappa shape index (κ1) is 23.9. The number of carbonyl (C=O) groups is 1. The van der Waals surface area contributed by atoms with Crippen molar-refractivity contribution in [1.29, 1.82) is 0 Å². The van der Waals surface area contributed by atoms with Gasteiger partial charge < -0.3 is 9.64 Å². The maximum Gasteiger partial charge on any atom is 0.210 e. The summed E-state index contributed by atoms with van der Waals surface area (Å²) in [6.07, 6.45) is 1.99. The van der Waals surface area contributed by atoms with Crippen molar-refractivity contribution in [2.45, 2.75) is 80.5 Å². The summed E-state index contributed by atoms with van der Waals surface area (Å²) in [6.45, 7) is 17.8. The molecular formula is C20H37NO2. The minimum atomic E-state index is 0.0417. The zero-order chi connectivity index (χ0) is 18.5. The summed E-state index contributed by atoms with van der Waals surface area (Å²) in [5.41, 5.74) is 4.00. The topological polar surface area (TPSA) is 29.5 Å². The van der Waals surface area contributed by atoms with Crippen LogP contribution in [0.25, 0.3) is 0 Å². The van der Waals surface area contributed by atoms with Gasteiger partial charge in [-0.05, 0) is 43.9 Å². The van der Waals surface area contributed by atoms with Gasteiger partial charge in [0, 0.05) is 20.2 Å². The molecule has 2 rings (SSSR count). The highest BCUT2D eigenvalue weighted by molar-refractivity contribution is 5.51. The van der Waals surface area contributed by atoms with E-state index in [2.05, 4.69) is 25.1 Å². The maximum atomic E-state index is 10.6. The van der Waals surface area contributed by atoms with Crippen LogP contribution in [0.3, 0.4) is 0 Å². The van der Waals surface area contributed by atoms with Crippen molar-refractivity contribution in [2.75, 3.05) is 7.11 Å². The van der Waals surface area contributed by atoms with Crippen molar-refractivity contribution in [3.05, 3.63) is 34.9 Å². The maximum absolute atomic E-state index is 10.6. The fraction of sp³-hybridized carbons (Fsp3) is 0.650. The Hall–Kier alpha value is -1.35. The van der Waals surface area contributed by atoms with Gasteiger partial charge in [-0.25, -0.2) is 0 Å². The van der Waals surface area contributed by atoms with Crippen LogP contribution in [0, 0.1) is 0 Å². The fourth-order valence-corrected chi connectivity index (χ4v) is 1.77. The van der Waals surface area contributed by atoms with E-state index in [0.29, 0.717) is 0 Å². The van der Waals surface area contributed by atoms with Crippen molar-refractivity contribution in [2.24, 2.45) is 0 Å². The van der Waals surface area contributed by atoms with E-state index < -0.39 is 0 Å². The predicted octanol–water partition coefficient (Wildman–Crippen LogP) is 5.20. The SMILES string of the molecule is CC.CC.CCc1ccc2c(c1)CN(C=O)C2.COC(C)(C)C. The van der Waals surface area contributed by atoms with Crippen LogP contribution in [0.4, 0.5) is 0 Å². The summed E-state index contributed by atoms with van der Waals surface area (Å²) in [4.78, 5) is 12.4. The van der Waals surface area contributed by atoms with E-state index in [9.17, 15) is 4.79 Å². The van der Waals surface area contributed by atoms with Crippen LogP contribution >= 0.6 is 0 Å². The number of benzene rings is 1. The summed E-state index contributed by atoms with van der Waals surface area (Å²) in [5.74, 6) is 0. The number of carbonyl (C=O) groups excluding carboxylic acids is 1. The highest BCUT2D eigenvalue weighted by Crippen LogP contribution is 2.22. The van der Waals surface area contributed by atoms with E-state index in [1.54, 1.807) is 12.0 Å². The molecule has 0 atom stereocenters. The van der Waals surface area contributed by atoms with Crippen LogP contribution in [0.1, 0.15) is 72.1 Å². The Bertz CT molecular complexity index is 422. The molecule has 0 N–H and O–H groups in total. The first-order chi connectivity index (χ1) is 10.9.